The van der Waals surface area contributed by atoms with Crippen LogP contribution in [0.3, 0.4) is 0 Å². The van der Waals surface area contributed by atoms with Gasteiger partial charge >= 0.3 is 0 Å². The predicted octanol–water partition coefficient (Wildman–Crippen LogP) is 4.23. The summed E-state index contributed by atoms with van der Waals surface area (Å²) in [5, 5.41) is 11.8. The topological polar surface area (TPSA) is 52.9 Å². The first-order chi connectivity index (χ1) is 9.10. The number of rotatable bonds is 2. The van der Waals surface area contributed by atoms with E-state index < -0.39 is 0 Å². The highest BCUT2D eigenvalue weighted by Crippen LogP contribution is 2.23. The molecule has 0 aromatic heterocycles. The van der Waals surface area contributed by atoms with Crippen LogP contribution >= 0.6 is 27.5 Å². The number of carbonyl (C=O) groups excluding carboxylic acids is 1. The minimum Gasteiger partial charge on any atom is -0.321 e. The standard InChI is InChI=1S/C14H8BrClN2O/c15-11-3-1-2-10(7-11)14(19)18-13-5-4-9(8-17)6-12(13)16/h1-7H,(H,18,19). The number of nitrogens with one attached hydrogen (secondary N) is 1. The van der Waals surface area contributed by atoms with E-state index in [9.17, 15) is 4.79 Å². The van der Waals surface area contributed by atoms with Gasteiger partial charge in [0.05, 0.1) is 22.3 Å². The fourth-order valence-electron chi connectivity index (χ4n) is 1.51. The summed E-state index contributed by atoms with van der Waals surface area (Å²) in [6, 6.07) is 13.7. The molecule has 0 atom stereocenters. The van der Waals surface area contributed by atoms with E-state index in [-0.39, 0.29) is 5.91 Å². The van der Waals surface area contributed by atoms with Gasteiger partial charge in [-0.25, -0.2) is 0 Å². The number of benzene rings is 2. The molecule has 0 aliphatic heterocycles. The third kappa shape index (κ3) is 3.34. The summed E-state index contributed by atoms with van der Waals surface area (Å²) in [5.74, 6) is -0.257. The van der Waals surface area contributed by atoms with Gasteiger partial charge in [-0.05, 0) is 36.4 Å². The molecule has 19 heavy (non-hydrogen) atoms. The number of hydrogen-bond acceptors (Lipinski definition) is 2. The summed E-state index contributed by atoms with van der Waals surface area (Å²) in [6.45, 7) is 0. The smallest absolute Gasteiger partial charge is 0.255 e. The monoisotopic (exact) mass is 334 g/mol. The Morgan fingerprint density at radius 2 is 2.05 bits per heavy atom. The molecule has 0 unspecified atom stereocenters. The second-order valence-electron chi connectivity index (χ2n) is 3.77. The number of nitrogens with zero attached hydrogens (tertiary/aromatic N) is 1. The Bertz CT molecular complexity index is 679. The third-order valence-corrected chi connectivity index (χ3v) is 3.24. The first-order valence-electron chi connectivity index (χ1n) is 5.37. The molecule has 0 aliphatic rings. The quantitative estimate of drug-likeness (QED) is 0.893. The summed E-state index contributed by atoms with van der Waals surface area (Å²) in [6.07, 6.45) is 0. The average Bonchev–Trinajstić information content (AvgIpc) is 2.41. The van der Waals surface area contributed by atoms with Crippen molar-refractivity contribution in [3.63, 3.8) is 0 Å². The Morgan fingerprint density at radius 3 is 2.68 bits per heavy atom. The summed E-state index contributed by atoms with van der Waals surface area (Å²) in [7, 11) is 0. The van der Waals surface area contributed by atoms with E-state index in [4.69, 9.17) is 16.9 Å². The summed E-state index contributed by atoms with van der Waals surface area (Å²) < 4.78 is 0.825. The Kier molecular flexibility index (Phi) is 4.20. The maximum Gasteiger partial charge on any atom is 0.255 e. The molecular weight excluding hydrogens is 328 g/mol. The second kappa shape index (κ2) is 5.87. The molecule has 3 nitrogen and oxygen atoms in total. The molecule has 1 N–H and O–H groups in total. The van der Waals surface area contributed by atoms with Crippen LogP contribution in [0.25, 0.3) is 0 Å². The van der Waals surface area contributed by atoms with Crippen molar-refractivity contribution < 1.29 is 4.79 Å². The largest absolute Gasteiger partial charge is 0.321 e. The molecule has 2 aromatic rings. The zero-order chi connectivity index (χ0) is 13.8. The van der Waals surface area contributed by atoms with Gasteiger partial charge in [0.15, 0.2) is 0 Å². The SMILES string of the molecule is N#Cc1ccc(NC(=O)c2cccc(Br)c2)c(Cl)c1. The molecule has 0 saturated heterocycles. The van der Waals surface area contributed by atoms with Crippen molar-refractivity contribution >= 4 is 39.1 Å². The molecule has 0 saturated carbocycles. The highest BCUT2D eigenvalue weighted by atomic mass is 79.9. The highest BCUT2D eigenvalue weighted by molar-refractivity contribution is 9.10. The van der Waals surface area contributed by atoms with Gasteiger partial charge in [-0.2, -0.15) is 5.26 Å². The minimum absolute atomic E-state index is 0.257. The Labute approximate surface area is 123 Å². The molecule has 0 spiro atoms. The minimum atomic E-state index is -0.257. The van der Waals surface area contributed by atoms with Crippen LogP contribution in [-0.2, 0) is 0 Å². The molecular formula is C14H8BrClN2O. The maximum absolute atomic E-state index is 12.0. The molecule has 94 valence electrons. The Morgan fingerprint density at radius 1 is 1.26 bits per heavy atom. The number of nitriles is 1. The van der Waals surface area contributed by atoms with Crippen molar-refractivity contribution in [1.82, 2.24) is 0 Å². The fourth-order valence-corrected chi connectivity index (χ4v) is 2.14. The van der Waals surface area contributed by atoms with Crippen LogP contribution < -0.4 is 5.32 Å². The average molecular weight is 336 g/mol. The van der Waals surface area contributed by atoms with Crippen LogP contribution in [0.1, 0.15) is 15.9 Å². The molecule has 2 rings (SSSR count). The maximum atomic E-state index is 12.0. The van der Waals surface area contributed by atoms with Crippen molar-refractivity contribution in [2.75, 3.05) is 5.32 Å². The van der Waals surface area contributed by atoms with Gasteiger partial charge in [-0.3, -0.25) is 4.79 Å². The number of amides is 1. The van der Waals surface area contributed by atoms with E-state index in [1.54, 1.807) is 30.3 Å². The van der Waals surface area contributed by atoms with Crippen molar-refractivity contribution in [2.24, 2.45) is 0 Å². The van der Waals surface area contributed by atoms with Gasteiger partial charge in [0.25, 0.3) is 5.91 Å². The number of hydrogen-bond donors (Lipinski definition) is 1. The van der Waals surface area contributed by atoms with Crippen molar-refractivity contribution in [1.29, 1.82) is 5.26 Å². The van der Waals surface area contributed by atoms with Crippen LogP contribution in [0.15, 0.2) is 46.9 Å². The van der Waals surface area contributed by atoms with Gasteiger partial charge in [0.2, 0.25) is 0 Å². The first-order valence-corrected chi connectivity index (χ1v) is 6.54. The molecule has 2 aromatic carbocycles. The lowest BCUT2D eigenvalue weighted by Crippen LogP contribution is -2.12. The van der Waals surface area contributed by atoms with Crippen LogP contribution in [0, 0.1) is 11.3 Å². The predicted molar refractivity (Wildman–Crippen MR) is 78.3 cm³/mol. The lowest BCUT2D eigenvalue weighted by atomic mass is 10.2. The van der Waals surface area contributed by atoms with Gasteiger partial charge in [0, 0.05) is 10.0 Å². The molecule has 0 radical (unpaired) electrons. The van der Waals surface area contributed by atoms with Crippen LogP contribution in [-0.4, -0.2) is 5.91 Å². The molecule has 1 amide bonds. The third-order valence-electron chi connectivity index (χ3n) is 2.43. The van der Waals surface area contributed by atoms with Gasteiger partial charge < -0.3 is 5.32 Å². The normalized spacial score (nSPS) is 9.74. The fraction of sp³-hybridized carbons (Fsp3) is 0. The summed E-state index contributed by atoms with van der Waals surface area (Å²) in [5.41, 5.74) is 1.45. The molecule has 0 aliphatic carbocycles. The number of carbonyl (C=O) groups is 1. The van der Waals surface area contributed by atoms with Crippen molar-refractivity contribution in [3.05, 3.63) is 63.1 Å². The summed E-state index contributed by atoms with van der Waals surface area (Å²) in [4.78, 5) is 12.0. The van der Waals surface area contributed by atoms with E-state index in [1.807, 2.05) is 12.1 Å². The lowest BCUT2D eigenvalue weighted by molar-refractivity contribution is 0.102. The van der Waals surface area contributed by atoms with E-state index in [1.165, 1.54) is 6.07 Å². The first kappa shape index (κ1) is 13.6. The molecule has 5 heteroatoms. The molecule has 0 heterocycles. The van der Waals surface area contributed by atoms with E-state index in [2.05, 4.69) is 21.2 Å². The second-order valence-corrected chi connectivity index (χ2v) is 5.09. The lowest BCUT2D eigenvalue weighted by Gasteiger charge is -2.07. The zero-order valence-corrected chi connectivity index (χ0v) is 12.0. The van der Waals surface area contributed by atoms with E-state index in [0.29, 0.717) is 21.8 Å². The Balaban J connectivity index is 2.22. The van der Waals surface area contributed by atoms with E-state index in [0.717, 1.165) is 4.47 Å². The van der Waals surface area contributed by atoms with Crippen LogP contribution in [0.5, 0.6) is 0 Å². The van der Waals surface area contributed by atoms with Crippen molar-refractivity contribution in [2.45, 2.75) is 0 Å². The molecule has 0 fully saturated rings. The highest BCUT2D eigenvalue weighted by Gasteiger charge is 2.09. The van der Waals surface area contributed by atoms with Crippen LogP contribution in [0.2, 0.25) is 5.02 Å². The van der Waals surface area contributed by atoms with Crippen LogP contribution in [0.4, 0.5) is 5.69 Å². The zero-order valence-electron chi connectivity index (χ0n) is 9.65. The Hall–Kier alpha value is -1.83. The van der Waals surface area contributed by atoms with Gasteiger partial charge in [-0.15, -0.1) is 0 Å². The number of halogens is 2. The van der Waals surface area contributed by atoms with E-state index >= 15 is 0 Å². The van der Waals surface area contributed by atoms with Gasteiger partial charge in [0.1, 0.15) is 0 Å². The molecule has 0 bridgehead atoms. The van der Waals surface area contributed by atoms with Gasteiger partial charge in [-0.1, -0.05) is 33.6 Å². The number of anilines is 1. The van der Waals surface area contributed by atoms with Crippen molar-refractivity contribution in [3.8, 4) is 6.07 Å². The summed E-state index contributed by atoms with van der Waals surface area (Å²) >= 11 is 9.30.